The van der Waals surface area contributed by atoms with Crippen LogP contribution in [0.25, 0.3) is 11.1 Å². The monoisotopic (exact) mass is 547 g/mol. The molecule has 7 nitrogen and oxygen atoms in total. The predicted octanol–water partition coefficient (Wildman–Crippen LogP) is 7.21. The van der Waals surface area contributed by atoms with E-state index in [1.54, 1.807) is 35.2 Å². The van der Waals surface area contributed by atoms with E-state index < -0.39 is 12.2 Å². The van der Waals surface area contributed by atoms with Crippen molar-refractivity contribution >= 4 is 23.6 Å². The van der Waals surface area contributed by atoms with Crippen LogP contribution in [-0.2, 0) is 11.3 Å². The predicted molar refractivity (Wildman–Crippen MR) is 160 cm³/mol. The molecule has 2 aliphatic rings. The SMILES string of the molecule is Nc1ccc(CN(C(=O)OCC2c3ccccc3-c3ccccc32)c2ccccc2OC(=O)N2CCCCC2)cc1. The summed E-state index contributed by atoms with van der Waals surface area (Å²) in [6.45, 7) is 1.74. The number of nitrogens with zero attached hydrogens (tertiary/aromatic N) is 2. The highest BCUT2D eigenvalue weighted by Crippen LogP contribution is 2.44. The zero-order valence-electron chi connectivity index (χ0n) is 22.9. The van der Waals surface area contributed by atoms with E-state index in [-0.39, 0.29) is 19.1 Å². The Morgan fingerprint density at radius 1 is 0.780 bits per heavy atom. The van der Waals surface area contributed by atoms with Crippen LogP contribution < -0.4 is 15.4 Å². The summed E-state index contributed by atoms with van der Waals surface area (Å²) in [5.41, 5.74) is 12.5. The Balaban J connectivity index is 1.27. The Morgan fingerprint density at radius 2 is 1.39 bits per heavy atom. The molecule has 0 aromatic heterocycles. The largest absolute Gasteiger partial charge is 0.448 e. The Kier molecular flexibility index (Phi) is 7.58. The lowest BCUT2D eigenvalue weighted by molar-refractivity contribution is 0.141. The molecule has 0 radical (unpaired) electrons. The number of anilines is 2. The molecular weight excluding hydrogens is 514 g/mol. The molecule has 1 saturated heterocycles. The number of nitrogens with two attached hydrogens (primary N) is 1. The van der Waals surface area contributed by atoms with E-state index in [1.807, 2.05) is 42.5 Å². The van der Waals surface area contributed by atoms with Crippen LogP contribution in [0, 0.1) is 0 Å². The van der Waals surface area contributed by atoms with Gasteiger partial charge in [-0.2, -0.15) is 0 Å². The molecule has 0 spiro atoms. The van der Waals surface area contributed by atoms with Crippen molar-refractivity contribution in [3.8, 4) is 16.9 Å². The highest BCUT2D eigenvalue weighted by Gasteiger charge is 2.31. The molecular formula is C34H33N3O4. The van der Waals surface area contributed by atoms with Crippen LogP contribution in [0.1, 0.15) is 41.9 Å². The third-order valence-electron chi connectivity index (χ3n) is 7.84. The van der Waals surface area contributed by atoms with Crippen molar-refractivity contribution in [3.05, 3.63) is 114 Å². The Hall–Kier alpha value is -4.78. The van der Waals surface area contributed by atoms with Crippen LogP contribution in [0.5, 0.6) is 5.75 Å². The van der Waals surface area contributed by atoms with E-state index in [0.29, 0.717) is 30.2 Å². The molecule has 0 atom stereocenters. The van der Waals surface area contributed by atoms with Gasteiger partial charge in [0.2, 0.25) is 0 Å². The van der Waals surface area contributed by atoms with Gasteiger partial charge in [-0.25, -0.2) is 9.59 Å². The number of hydrogen-bond acceptors (Lipinski definition) is 5. The number of carbonyl (C=O) groups is 2. The Bertz CT molecular complexity index is 1500. The molecule has 7 heteroatoms. The van der Waals surface area contributed by atoms with Crippen molar-refractivity contribution in [2.45, 2.75) is 31.7 Å². The number of amides is 2. The summed E-state index contributed by atoms with van der Waals surface area (Å²) in [6, 6.07) is 30.9. The Morgan fingerprint density at radius 3 is 2.07 bits per heavy atom. The molecule has 208 valence electrons. The van der Waals surface area contributed by atoms with Crippen molar-refractivity contribution in [3.63, 3.8) is 0 Å². The van der Waals surface area contributed by atoms with E-state index in [4.69, 9.17) is 15.2 Å². The smallest absolute Gasteiger partial charge is 0.415 e. The molecule has 1 aliphatic carbocycles. The fraction of sp³-hybridized carbons (Fsp3) is 0.235. The molecule has 1 heterocycles. The number of carbonyl (C=O) groups excluding carboxylic acids is 2. The van der Waals surface area contributed by atoms with Crippen LogP contribution in [0.2, 0.25) is 0 Å². The average Bonchev–Trinajstić information content (AvgIpc) is 3.34. The van der Waals surface area contributed by atoms with E-state index in [2.05, 4.69) is 24.3 Å². The molecule has 0 bridgehead atoms. The van der Waals surface area contributed by atoms with Crippen molar-refractivity contribution in [1.29, 1.82) is 0 Å². The van der Waals surface area contributed by atoms with Crippen molar-refractivity contribution in [1.82, 2.24) is 4.90 Å². The first-order valence-corrected chi connectivity index (χ1v) is 14.1. The number of ether oxygens (including phenoxy) is 2. The lowest BCUT2D eigenvalue weighted by Crippen LogP contribution is -2.38. The quantitative estimate of drug-likeness (QED) is 0.258. The fourth-order valence-corrected chi connectivity index (χ4v) is 5.73. The second kappa shape index (κ2) is 11.8. The summed E-state index contributed by atoms with van der Waals surface area (Å²) in [5.74, 6) is 0.240. The van der Waals surface area contributed by atoms with Gasteiger partial charge in [-0.15, -0.1) is 0 Å². The highest BCUT2D eigenvalue weighted by atomic mass is 16.6. The number of nitrogen functional groups attached to an aromatic ring is 1. The highest BCUT2D eigenvalue weighted by molar-refractivity contribution is 5.90. The minimum absolute atomic E-state index is 0.0723. The van der Waals surface area contributed by atoms with Gasteiger partial charge in [0.05, 0.1) is 12.2 Å². The standard InChI is InChI=1S/C34H33N3O4/c35-25-18-16-24(17-19-25)22-37(31-14-6-7-15-32(31)41-33(38)36-20-8-1-9-21-36)34(39)40-23-30-28-12-4-2-10-26(28)27-11-3-5-13-29(27)30/h2-7,10-19,30H,1,8-9,20-23,35H2. The van der Waals surface area contributed by atoms with Gasteiger partial charge in [0, 0.05) is 24.7 Å². The van der Waals surface area contributed by atoms with Gasteiger partial charge in [-0.1, -0.05) is 72.8 Å². The lowest BCUT2D eigenvalue weighted by Gasteiger charge is -2.28. The first-order chi connectivity index (χ1) is 20.1. The van der Waals surface area contributed by atoms with E-state index in [1.165, 1.54) is 4.90 Å². The number of piperidine rings is 1. The number of hydrogen-bond donors (Lipinski definition) is 1. The first kappa shape index (κ1) is 26.4. The molecule has 0 saturated carbocycles. The third-order valence-corrected chi connectivity index (χ3v) is 7.84. The zero-order valence-corrected chi connectivity index (χ0v) is 22.9. The topological polar surface area (TPSA) is 85.1 Å². The maximum atomic E-state index is 13.9. The zero-order chi connectivity index (χ0) is 28.2. The van der Waals surface area contributed by atoms with Gasteiger partial charge < -0.3 is 20.1 Å². The summed E-state index contributed by atoms with van der Waals surface area (Å²) in [7, 11) is 0. The van der Waals surface area contributed by atoms with Crippen molar-refractivity contribution in [2.75, 3.05) is 30.3 Å². The van der Waals surface area contributed by atoms with Crippen molar-refractivity contribution in [2.24, 2.45) is 0 Å². The Labute approximate surface area is 240 Å². The second-order valence-electron chi connectivity index (χ2n) is 10.5. The van der Waals surface area contributed by atoms with E-state index in [9.17, 15) is 9.59 Å². The van der Waals surface area contributed by atoms with Crippen LogP contribution in [0.4, 0.5) is 21.0 Å². The first-order valence-electron chi connectivity index (χ1n) is 14.1. The maximum Gasteiger partial charge on any atom is 0.415 e. The molecule has 4 aromatic rings. The lowest BCUT2D eigenvalue weighted by atomic mass is 9.98. The van der Waals surface area contributed by atoms with Crippen molar-refractivity contribution < 1.29 is 19.1 Å². The number of likely N-dealkylation sites (tertiary alicyclic amines) is 1. The number of fused-ring (bicyclic) bond motifs is 3. The van der Waals surface area contributed by atoms with Gasteiger partial charge in [0.15, 0.2) is 5.75 Å². The summed E-state index contributed by atoms with van der Waals surface area (Å²) >= 11 is 0. The van der Waals surface area contributed by atoms with Gasteiger partial charge >= 0.3 is 12.2 Å². The van der Waals surface area contributed by atoms with Gasteiger partial charge in [-0.3, -0.25) is 4.90 Å². The molecule has 6 rings (SSSR count). The van der Waals surface area contributed by atoms with Crippen LogP contribution in [0.15, 0.2) is 97.1 Å². The van der Waals surface area contributed by atoms with E-state index in [0.717, 1.165) is 47.1 Å². The molecule has 1 aliphatic heterocycles. The fourth-order valence-electron chi connectivity index (χ4n) is 5.73. The molecule has 1 fully saturated rings. The minimum atomic E-state index is -0.523. The van der Waals surface area contributed by atoms with E-state index >= 15 is 0 Å². The molecule has 0 unspecified atom stereocenters. The molecule has 2 amide bonds. The summed E-state index contributed by atoms with van der Waals surface area (Å²) in [6.07, 6.45) is 2.10. The van der Waals surface area contributed by atoms with Crippen LogP contribution in [0.3, 0.4) is 0 Å². The van der Waals surface area contributed by atoms with Gasteiger partial charge in [0.1, 0.15) is 6.61 Å². The van der Waals surface area contributed by atoms with Gasteiger partial charge in [-0.05, 0) is 71.3 Å². The second-order valence-corrected chi connectivity index (χ2v) is 10.5. The molecule has 41 heavy (non-hydrogen) atoms. The summed E-state index contributed by atoms with van der Waals surface area (Å²) in [5, 5.41) is 0. The summed E-state index contributed by atoms with van der Waals surface area (Å²) in [4.78, 5) is 30.1. The minimum Gasteiger partial charge on any atom is -0.448 e. The molecule has 2 N–H and O–H groups in total. The maximum absolute atomic E-state index is 13.9. The number of rotatable bonds is 6. The third kappa shape index (κ3) is 5.61. The van der Waals surface area contributed by atoms with Crippen LogP contribution in [-0.4, -0.2) is 36.8 Å². The molecule has 4 aromatic carbocycles. The average molecular weight is 548 g/mol. The number of para-hydroxylation sites is 2. The summed E-state index contributed by atoms with van der Waals surface area (Å²) < 4.78 is 11.9. The van der Waals surface area contributed by atoms with Gasteiger partial charge in [0.25, 0.3) is 0 Å². The van der Waals surface area contributed by atoms with Crippen LogP contribution >= 0.6 is 0 Å². The number of benzene rings is 4. The normalized spacial score (nSPS) is 14.2.